The Balaban J connectivity index is 1.40. The van der Waals surface area contributed by atoms with Gasteiger partial charge in [0, 0.05) is 10.4 Å². The number of fused-ring (bicyclic) bond motifs is 1. The molecule has 2 aromatic heterocycles. The van der Waals surface area contributed by atoms with Crippen LogP contribution < -0.4 is 10.7 Å². The molecule has 0 bridgehead atoms. The Morgan fingerprint density at radius 2 is 2.03 bits per heavy atom. The topological polar surface area (TPSA) is 96.3 Å². The lowest BCUT2D eigenvalue weighted by Gasteiger charge is -2.33. The maximum absolute atomic E-state index is 13.0. The Bertz CT molecular complexity index is 1260. The smallest absolute Gasteiger partial charge is 0.322 e. The molecule has 1 aromatic carbocycles. The van der Waals surface area contributed by atoms with Gasteiger partial charge in [-0.15, -0.1) is 11.3 Å². The van der Waals surface area contributed by atoms with Crippen molar-refractivity contribution in [2.45, 2.75) is 45.1 Å². The summed E-state index contributed by atoms with van der Waals surface area (Å²) in [6, 6.07) is 8.44. The predicted molar refractivity (Wildman–Crippen MR) is 122 cm³/mol. The van der Waals surface area contributed by atoms with E-state index in [4.69, 9.17) is 11.6 Å². The molecule has 166 valence electrons. The Morgan fingerprint density at radius 1 is 1.28 bits per heavy atom. The first-order valence-corrected chi connectivity index (χ1v) is 11.7. The summed E-state index contributed by atoms with van der Waals surface area (Å²) in [5.74, 6) is -0.368. The number of benzene rings is 1. The fourth-order valence-corrected chi connectivity index (χ4v) is 5.67. The summed E-state index contributed by atoms with van der Waals surface area (Å²) in [5.41, 5.74) is 3.16. The van der Waals surface area contributed by atoms with Crippen LogP contribution in [-0.2, 0) is 4.79 Å². The summed E-state index contributed by atoms with van der Waals surface area (Å²) in [6.07, 6.45) is 2.90. The van der Waals surface area contributed by atoms with Crippen LogP contribution in [0.2, 0.25) is 5.02 Å². The summed E-state index contributed by atoms with van der Waals surface area (Å²) in [7, 11) is 0. The highest BCUT2D eigenvalue weighted by molar-refractivity contribution is 7.20. The third kappa shape index (κ3) is 3.36. The van der Waals surface area contributed by atoms with E-state index in [1.54, 1.807) is 22.9 Å². The van der Waals surface area contributed by atoms with Crippen LogP contribution >= 0.6 is 22.9 Å². The van der Waals surface area contributed by atoms with Gasteiger partial charge in [-0.05, 0) is 62.8 Å². The number of aryl methyl sites for hydroxylation is 1. The molecule has 1 aliphatic carbocycles. The molecule has 8 nitrogen and oxygen atoms in total. The predicted octanol–water partition coefficient (Wildman–Crippen LogP) is 4.19. The Kier molecular flexibility index (Phi) is 4.98. The second-order valence-electron chi connectivity index (χ2n) is 8.58. The van der Waals surface area contributed by atoms with E-state index in [-0.39, 0.29) is 5.91 Å². The van der Waals surface area contributed by atoms with Crippen molar-refractivity contribution in [1.29, 1.82) is 0 Å². The van der Waals surface area contributed by atoms with Gasteiger partial charge >= 0.3 is 6.03 Å². The number of hydrogen-bond donors (Lipinski definition) is 2. The molecule has 1 spiro atoms. The summed E-state index contributed by atoms with van der Waals surface area (Å²) in [4.78, 5) is 39.7. The number of rotatable bonds is 3. The van der Waals surface area contributed by atoms with Crippen molar-refractivity contribution in [1.82, 2.24) is 25.5 Å². The average Bonchev–Trinajstić information content (AvgIpc) is 3.39. The second kappa shape index (κ2) is 7.60. The minimum atomic E-state index is -0.902. The number of nitrogens with zero attached hydrogens (tertiary/aromatic N) is 3. The van der Waals surface area contributed by atoms with Crippen LogP contribution in [0, 0.1) is 12.8 Å². The van der Waals surface area contributed by atoms with Gasteiger partial charge in [-0.25, -0.2) is 9.48 Å². The van der Waals surface area contributed by atoms with E-state index >= 15 is 0 Å². The minimum absolute atomic E-state index is 0.384. The second-order valence-corrected chi connectivity index (χ2v) is 10.0. The number of nitrogens with one attached hydrogen (secondary N) is 2. The summed E-state index contributed by atoms with van der Waals surface area (Å²) < 4.78 is 1.74. The van der Waals surface area contributed by atoms with E-state index in [2.05, 4.69) is 22.8 Å². The quantitative estimate of drug-likeness (QED) is 0.559. The van der Waals surface area contributed by atoms with E-state index in [1.165, 1.54) is 11.3 Å². The fraction of sp³-hybridized carbons (Fsp3) is 0.364. The first-order valence-electron chi connectivity index (χ1n) is 10.5. The van der Waals surface area contributed by atoms with Gasteiger partial charge in [0.15, 0.2) is 0 Å². The molecule has 3 aromatic rings. The highest BCUT2D eigenvalue weighted by Crippen LogP contribution is 2.36. The summed E-state index contributed by atoms with van der Waals surface area (Å²) in [5, 5.41) is 9.62. The standard InChI is InChI=1S/C22H22ClN5O3S/c1-12-6-8-22(9-7-12)20(30)28(21(31)24-22)26-18(29)17-11-16-13(2)25-27(19(16)32-17)15-5-3-4-14(23)10-15/h3-5,10-12H,6-9H2,1-2H3,(H,24,31)(H,26,29). The lowest BCUT2D eigenvalue weighted by atomic mass is 9.77. The zero-order valence-electron chi connectivity index (χ0n) is 17.6. The van der Waals surface area contributed by atoms with Crippen LogP contribution in [-0.4, -0.2) is 38.2 Å². The Labute approximate surface area is 193 Å². The van der Waals surface area contributed by atoms with Gasteiger partial charge in [0.05, 0.1) is 16.3 Å². The lowest BCUT2D eigenvalue weighted by molar-refractivity contribution is -0.134. The van der Waals surface area contributed by atoms with Crippen molar-refractivity contribution in [3.8, 4) is 5.69 Å². The number of imide groups is 1. The van der Waals surface area contributed by atoms with Crippen LogP contribution in [0.4, 0.5) is 4.79 Å². The van der Waals surface area contributed by atoms with Gasteiger partial charge in [-0.2, -0.15) is 10.1 Å². The number of hydrazine groups is 1. The number of thiophene rings is 1. The molecule has 2 fully saturated rings. The number of hydrogen-bond acceptors (Lipinski definition) is 5. The average molecular weight is 472 g/mol. The molecular weight excluding hydrogens is 450 g/mol. The summed E-state index contributed by atoms with van der Waals surface area (Å²) >= 11 is 7.37. The normalized spacial score (nSPS) is 23.2. The van der Waals surface area contributed by atoms with Crippen LogP contribution in [0.25, 0.3) is 15.9 Å². The van der Waals surface area contributed by atoms with Gasteiger partial charge in [0.1, 0.15) is 10.4 Å². The van der Waals surface area contributed by atoms with Crippen molar-refractivity contribution in [3.05, 3.63) is 45.9 Å². The van der Waals surface area contributed by atoms with E-state index < -0.39 is 17.5 Å². The number of carbonyl (C=O) groups excluding carboxylic acids is 3. The SMILES string of the molecule is Cc1nn(-c2cccc(Cl)c2)c2sc(C(=O)NN3C(=O)NC4(CCC(C)CC4)C3=O)cc12. The zero-order chi connectivity index (χ0) is 22.6. The van der Waals surface area contributed by atoms with Gasteiger partial charge in [-0.3, -0.25) is 15.0 Å². The van der Waals surface area contributed by atoms with E-state index in [0.29, 0.717) is 28.7 Å². The lowest BCUT2D eigenvalue weighted by Crippen LogP contribution is -2.51. The molecule has 2 N–H and O–H groups in total. The van der Waals surface area contributed by atoms with Crippen molar-refractivity contribution in [2.75, 3.05) is 0 Å². The molecule has 4 amide bonds. The van der Waals surface area contributed by atoms with E-state index in [0.717, 1.165) is 39.4 Å². The first kappa shape index (κ1) is 21.0. The van der Waals surface area contributed by atoms with Gasteiger partial charge < -0.3 is 5.32 Å². The van der Waals surface area contributed by atoms with Crippen molar-refractivity contribution in [2.24, 2.45) is 5.92 Å². The molecule has 10 heteroatoms. The van der Waals surface area contributed by atoms with Gasteiger partial charge in [-0.1, -0.05) is 24.6 Å². The highest BCUT2D eigenvalue weighted by atomic mass is 35.5. The van der Waals surface area contributed by atoms with Crippen LogP contribution in [0.3, 0.4) is 0 Å². The van der Waals surface area contributed by atoms with Crippen molar-refractivity contribution < 1.29 is 14.4 Å². The van der Waals surface area contributed by atoms with Crippen LogP contribution in [0.1, 0.15) is 48.0 Å². The number of aromatic nitrogens is 2. The monoisotopic (exact) mass is 471 g/mol. The molecule has 5 rings (SSSR count). The first-order chi connectivity index (χ1) is 15.3. The molecule has 0 radical (unpaired) electrons. The molecule has 1 saturated heterocycles. The molecule has 1 saturated carbocycles. The minimum Gasteiger partial charge on any atom is -0.322 e. The molecular formula is C22H22ClN5O3S. The van der Waals surface area contributed by atoms with Crippen LogP contribution in [0.15, 0.2) is 30.3 Å². The number of halogens is 1. The van der Waals surface area contributed by atoms with Crippen molar-refractivity contribution >= 4 is 51.0 Å². The van der Waals surface area contributed by atoms with E-state index in [1.807, 2.05) is 19.1 Å². The maximum Gasteiger partial charge on any atom is 0.344 e. The number of carbonyl (C=O) groups is 3. The van der Waals surface area contributed by atoms with Gasteiger partial charge in [0.2, 0.25) is 0 Å². The third-order valence-electron chi connectivity index (χ3n) is 6.32. The molecule has 1 aliphatic heterocycles. The molecule has 2 aliphatic rings. The van der Waals surface area contributed by atoms with Gasteiger partial charge in [0.25, 0.3) is 11.8 Å². The highest BCUT2D eigenvalue weighted by Gasteiger charge is 2.53. The third-order valence-corrected chi connectivity index (χ3v) is 7.67. The summed E-state index contributed by atoms with van der Waals surface area (Å²) in [6.45, 7) is 4.00. The molecule has 0 atom stereocenters. The Morgan fingerprint density at radius 3 is 2.75 bits per heavy atom. The largest absolute Gasteiger partial charge is 0.344 e. The number of amides is 4. The van der Waals surface area contributed by atoms with Crippen molar-refractivity contribution in [3.63, 3.8) is 0 Å². The van der Waals surface area contributed by atoms with Crippen LogP contribution in [0.5, 0.6) is 0 Å². The number of urea groups is 1. The Hall–Kier alpha value is -2.91. The maximum atomic E-state index is 13.0. The zero-order valence-corrected chi connectivity index (χ0v) is 19.2. The fourth-order valence-electron chi connectivity index (χ4n) is 4.41. The molecule has 32 heavy (non-hydrogen) atoms. The molecule has 0 unspecified atom stereocenters. The molecule has 3 heterocycles. The van der Waals surface area contributed by atoms with E-state index in [9.17, 15) is 14.4 Å².